The molecule has 0 bridgehead atoms. The summed E-state index contributed by atoms with van der Waals surface area (Å²) in [6.07, 6.45) is 0. The Morgan fingerprint density at radius 3 is 2.64 bits per heavy atom. The molecule has 110 valence electrons. The maximum absolute atomic E-state index is 12.6. The van der Waals surface area contributed by atoms with Crippen LogP contribution in [-0.4, -0.2) is 30.5 Å². The van der Waals surface area contributed by atoms with Crippen LogP contribution in [0, 0.1) is 18.3 Å². The van der Waals surface area contributed by atoms with E-state index >= 15 is 0 Å². The average molecular weight is 292 g/mol. The Balaban J connectivity index is 2.01. The molecule has 2 aromatic carbocycles. The van der Waals surface area contributed by atoms with E-state index in [1.807, 2.05) is 55.5 Å². The lowest BCUT2D eigenvalue weighted by molar-refractivity contribution is 0.0777. The summed E-state index contributed by atoms with van der Waals surface area (Å²) in [6.45, 7) is 2.96. The number of carbonyl (C=O) groups is 1. The lowest BCUT2D eigenvalue weighted by Gasteiger charge is -2.15. The second-order valence-corrected chi connectivity index (χ2v) is 5.31. The molecule has 0 saturated carbocycles. The predicted octanol–water partition coefficient (Wildman–Crippen LogP) is 3.02. The number of nitrogens with zero attached hydrogens (tertiary/aromatic N) is 2. The number of fused-ring (bicyclic) bond motifs is 1. The quantitative estimate of drug-likeness (QED) is 0.799. The molecule has 0 unspecified atom stereocenters. The van der Waals surface area contributed by atoms with Crippen LogP contribution in [-0.2, 0) is 0 Å². The van der Waals surface area contributed by atoms with Crippen molar-refractivity contribution in [2.45, 2.75) is 6.92 Å². The van der Waals surface area contributed by atoms with E-state index in [0.717, 1.165) is 11.1 Å². The van der Waals surface area contributed by atoms with Crippen LogP contribution in [0.1, 0.15) is 15.9 Å². The zero-order chi connectivity index (χ0) is 15.5. The van der Waals surface area contributed by atoms with Gasteiger partial charge in [0, 0.05) is 0 Å². The van der Waals surface area contributed by atoms with Crippen molar-refractivity contribution in [1.82, 2.24) is 4.90 Å². The van der Waals surface area contributed by atoms with Crippen LogP contribution in [0.4, 0.5) is 0 Å². The van der Waals surface area contributed by atoms with E-state index in [9.17, 15) is 4.79 Å². The molecule has 22 heavy (non-hydrogen) atoms. The van der Waals surface area contributed by atoms with Gasteiger partial charge in [-0.15, -0.1) is 0 Å². The fraction of sp³-hybridized carbons (Fsp3) is 0.222. The van der Waals surface area contributed by atoms with Gasteiger partial charge in [0.15, 0.2) is 0 Å². The van der Waals surface area contributed by atoms with Crippen LogP contribution in [0.15, 0.2) is 42.5 Å². The van der Waals surface area contributed by atoms with E-state index in [0.29, 0.717) is 24.5 Å². The molecule has 4 heteroatoms. The van der Waals surface area contributed by atoms with Crippen LogP contribution in [0.3, 0.4) is 0 Å². The first-order valence-corrected chi connectivity index (χ1v) is 7.19. The van der Waals surface area contributed by atoms with Gasteiger partial charge in [-0.2, -0.15) is 5.26 Å². The van der Waals surface area contributed by atoms with E-state index in [1.165, 1.54) is 10.5 Å². The lowest BCUT2D eigenvalue weighted by Crippen LogP contribution is -2.32. The SMILES string of the molecule is Cc1ccc(-c2ccc3c(c2)C(=O)N(CC#N)CCO3)cc1. The molecule has 1 heterocycles. The first kappa shape index (κ1) is 14.2. The number of ether oxygens (including phenoxy) is 1. The predicted molar refractivity (Wildman–Crippen MR) is 83.6 cm³/mol. The Hall–Kier alpha value is -2.80. The number of nitriles is 1. The van der Waals surface area contributed by atoms with Crippen LogP contribution in [0.2, 0.25) is 0 Å². The van der Waals surface area contributed by atoms with Gasteiger partial charge in [0.2, 0.25) is 0 Å². The summed E-state index contributed by atoms with van der Waals surface area (Å²) in [6, 6.07) is 15.8. The molecule has 0 saturated heterocycles. The maximum Gasteiger partial charge on any atom is 0.258 e. The minimum atomic E-state index is -0.150. The summed E-state index contributed by atoms with van der Waals surface area (Å²) in [5.74, 6) is 0.435. The van der Waals surface area contributed by atoms with Gasteiger partial charge >= 0.3 is 0 Å². The van der Waals surface area contributed by atoms with Crippen LogP contribution < -0.4 is 4.74 Å². The number of carbonyl (C=O) groups excluding carboxylic acids is 1. The zero-order valence-electron chi connectivity index (χ0n) is 12.4. The Morgan fingerprint density at radius 1 is 1.18 bits per heavy atom. The monoisotopic (exact) mass is 292 g/mol. The van der Waals surface area contributed by atoms with E-state index in [4.69, 9.17) is 10.00 Å². The van der Waals surface area contributed by atoms with E-state index < -0.39 is 0 Å². The Morgan fingerprint density at radius 2 is 1.91 bits per heavy atom. The zero-order valence-corrected chi connectivity index (χ0v) is 12.4. The molecule has 2 aromatic rings. The first-order valence-electron chi connectivity index (χ1n) is 7.19. The van der Waals surface area contributed by atoms with Crippen molar-refractivity contribution < 1.29 is 9.53 Å². The number of rotatable bonds is 2. The van der Waals surface area contributed by atoms with Crippen molar-refractivity contribution in [2.24, 2.45) is 0 Å². The molecule has 3 rings (SSSR count). The van der Waals surface area contributed by atoms with E-state index in [2.05, 4.69) is 0 Å². The third-order valence-corrected chi connectivity index (χ3v) is 3.76. The lowest BCUT2D eigenvalue weighted by atomic mass is 10.0. The van der Waals surface area contributed by atoms with Gasteiger partial charge in [-0.05, 0) is 30.2 Å². The maximum atomic E-state index is 12.6. The van der Waals surface area contributed by atoms with E-state index in [1.54, 1.807) is 0 Å². The van der Waals surface area contributed by atoms with Crippen molar-refractivity contribution in [1.29, 1.82) is 5.26 Å². The Labute approximate surface area is 129 Å². The number of benzene rings is 2. The highest BCUT2D eigenvalue weighted by molar-refractivity contribution is 5.98. The topological polar surface area (TPSA) is 53.3 Å². The molecular formula is C18H16N2O2. The van der Waals surface area contributed by atoms with Crippen LogP contribution >= 0.6 is 0 Å². The minimum Gasteiger partial charge on any atom is -0.491 e. The van der Waals surface area contributed by atoms with E-state index in [-0.39, 0.29) is 12.5 Å². The van der Waals surface area contributed by atoms with Gasteiger partial charge in [0.25, 0.3) is 5.91 Å². The van der Waals surface area contributed by atoms with Gasteiger partial charge in [-0.3, -0.25) is 4.79 Å². The molecule has 0 atom stereocenters. The molecule has 4 nitrogen and oxygen atoms in total. The normalized spacial score (nSPS) is 13.8. The molecule has 1 amide bonds. The van der Waals surface area contributed by atoms with Gasteiger partial charge < -0.3 is 9.64 Å². The molecule has 0 radical (unpaired) electrons. The van der Waals surface area contributed by atoms with Crippen molar-refractivity contribution >= 4 is 5.91 Å². The average Bonchev–Trinajstić information content (AvgIpc) is 2.68. The standard InChI is InChI=1S/C18H16N2O2/c1-13-2-4-14(5-3-13)15-6-7-17-16(12-15)18(21)20(9-8-19)10-11-22-17/h2-7,12H,9-11H2,1H3. The van der Waals surface area contributed by atoms with Crippen molar-refractivity contribution in [3.05, 3.63) is 53.6 Å². The highest BCUT2D eigenvalue weighted by Gasteiger charge is 2.23. The summed E-state index contributed by atoms with van der Waals surface area (Å²) in [5.41, 5.74) is 3.73. The summed E-state index contributed by atoms with van der Waals surface area (Å²) in [7, 11) is 0. The number of aryl methyl sites for hydroxylation is 1. The second-order valence-electron chi connectivity index (χ2n) is 5.31. The smallest absolute Gasteiger partial charge is 0.258 e. The molecule has 1 aliphatic heterocycles. The third kappa shape index (κ3) is 2.66. The molecule has 0 aliphatic carbocycles. The number of hydrogen-bond acceptors (Lipinski definition) is 3. The van der Waals surface area contributed by atoms with Gasteiger partial charge in [0.05, 0.1) is 18.2 Å². The molecule has 0 N–H and O–H groups in total. The van der Waals surface area contributed by atoms with Gasteiger partial charge in [-0.1, -0.05) is 35.9 Å². The Bertz CT molecular complexity index is 745. The molecule has 0 spiro atoms. The second kappa shape index (κ2) is 5.90. The van der Waals surface area contributed by atoms with Gasteiger partial charge in [-0.25, -0.2) is 0 Å². The molecule has 0 aromatic heterocycles. The molecular weight excluding hydrogens is 276 g/mol. The number of hydrogen-bond donors (Lipinski definition) is 0. The van der Waals surface area contributed by atoms with Crippen molar-refractivity contribution in [2.75, 3.05) is 19.7 Å². The fourth-order valence-electron chi connectivity index (χ4n) is 2.52. The van der Waals surface area contributed by atoms with Gasteiger partial charge in [0.1, 0.15) is 18.9 Å². The summed E-state index contributed by atoms with van der Waals surface area (Å²) in [5, 5.41) is 8.85. The van der Waals surface area contributed by atoms with Crippen molar-refractivity contribution in [3.8, 4) is 22.9 Å². The fourth-order valence-corrected chi connectivity index (χ4v) is 2.52. The van der Waals surface area contributed by atoms with Crippen molar-refractivity contribution in [3.63, 3.8) is 0 Å². The van der Waals surface area contributed by atoms with Crippen LogP contribution in [0.25, 0.3) is 11.1 Å². The summed E-state index contributed by atoms with van der Waals surface area (Å²) in [4.78, 5) is 14.1. The minimum absolute atomic E-state index is 0.0798. The Kier molecular flexibility index (Phi) is 3.80. The number of amides is 1. The highest BCUT2D eigenvalue weighted by Crippen LogP contribution is 2.29. The van der Waals surface area contributed by atoms with Crippen LogP contribution in [0.5, 0.6) is 5.75 Å². The first-order chi connectivity index (χ1) is 10.7. The largest absolute Gasteiger partial charge is 0.491 e. The third-order valence-electron chi connectivity index (χ3n) is 3.76. The molecule has 1 aliphatic rings. The summed E-state index contributed by atoms with van der Waals surface area (Å²) >= 11 is 0. The molecule has 0 fully saturated rings. The summed E-state index contributed by atoms with van der Waals surface area (Å²) < 4.78 is 5.63. The highest BCUT2D eigenvalue weighted by atomic mass is 16.5.